The Hall–Kier alpha value is -1.17. The number of nitrogens with zero attached hydrogens (tertiary/aromatic N) is 2. The van der Waals surface area contributed by atoms with E-state index in [1.807, 2.05) is 10.9 Å². The molecule has 0 bridgehead atoms. The Kier molecular flexibility index (Phi) is 4.96. The number of aromatic nitrogens is 2. The fraction of sp³-hybridized carbons (Fsp3) is 0.400. The molecule has 1 aromatic heterocycles. The Morgan fingerprint density at radius 2 is 2.15 bits per heavy atom. The molecule has 5 heteroatoms. The van der Waals surface area contributed by atoms with Crippen LogP contribution in [0.25, 0.3) is 0 Å². The number of rotatable bonds is 5. The smallest absolute Gasteiger partial charge is 0.0712 e. The van der Waals surface area contributed by atoms with Crippen LogP contribution in [0.4, 0.5) is 0 Å². The lowest BCUT2D eigenvalue weighted by molar-refractivity contribution is 0.488. The van der Waals surface area contributed by atoms with E-state index >= 15 is 0 Å². The van der Waals surface area contributed by atoms with E-state index in [-0.39, 0.29) is 6.04 Å². The molecular weight excluding hydrogens is 316 g/mol. The second kappa shape index (κ2) is 6.52. The minimum Gasteiger partial charge on any atom is -0.271 e. The van der Waals surface area contributed by atoms with Gasteiger partial charge in [0.1, 0.15) is 0 Å². The second-order valence-electron chi connectivity index (χ2n) is 5.05. The van der Waals surface area contributed by atoms with Crippen molar-refractivity contribution in [3.05, 3.63) is 51.3 Å². The van der Waals surface area contributed by atoms with E-state index in [9.17, 15) is 0 Å². The summed E-state index contributed by atoms with van der Waals surface area (Å²) in [6.45, 7) is 7.15. The zero-order valence-electron chi connectivity index (χ0n) is 12.2. The molecule has 1 heterocycles. The molecule has 0 fully saturated rings. The van der Waals surface area contributed by atoms with Crippen LogP contribution in [0, 0.1) is 13.8 Å². The molecule has 0 aliphatic carbocycles. The third-order valence-corrected chi connectivity index (χ3v) is 4.20. The minimum atomic E-state index is 0.0346. The summed E-state index contributed by atoms with van der Waals surface area (Å²) in [5.74, 6) is 5.78. The first-order valence-electron chi connectivity index (χ1n) is 6.80. The summed E-state index contributed by atoms with van der Waals surface area (Å²) in [6, 6.07) is 6.55. The second-order valence-corrected chi connectivity index (χ2v) is 5.90. The molecule has 1 unspecified atom stereocenters. The number of nitrogens with two attached hydrogens (primary N) is 1. The van der Waals surface area contributed by atoms with Crippen molar-refractivity contribution in [1.82, 2.24) is 15.2 Å². The Labute approximate surface area is 128 Å². The van der Waals surface area contributed by atoms with Crippen LogP contribution in [0.3, 0.4) is 0 Å². The van der Waals surface area contributed by atoms with Crippen LogP contribution in [-0.4, -0.2) is 9.78 Å². The van der Waals surface area contributed by atoms with Crippen LogP contribution >= 0.6 is 15.9 Å². The molecule has 0 aliphatic rings. The number of hydrogen-bond acceptors (Lipinski definition) is 3. The standard InChI is InChI=1S/C15H21BrN4/c1-4-20-15(13(16)9-18-20)14(19-17)8-12-7-10(2)5-6-11(12)3/h5-7,9,14,19H,4,8,17H2,1-3H3. The van der Waals surface area contributed by atoms with Crippen LogP contribution in [-0.2, 0) is 13.0 Å². The average Bonchev–Trinajstić information content (AvgIpc) is 2.81. The number of aryl methyl sites for hydroxylation is 3. The highest BCUT2D eigenvalue weighted by atomic mass is 79.9. The lowest BCUT2D eigenvalue weighted by Crippen LogP contribution is -2.31. The van der Waals surface area contributed by atoms with E-state index in [0.29, 0.717) is 0 Å². The fourth-order valence-electron chi connectivity index (χ4n) is 2.44. The highest BCUT2D eigenvalue weighted by molar-refractivity contribution is 9.10. The van der Waals surface area contributed by atoms with Gasteiger partial charge in [-0.25, -0.2) is 0 Å². The molecule has 0 aliphatic heterocycles. The maximum Gasteiger partial charge on any atom is 0.0712 e. The molecule has 3 N–H and O–H groups in total. The van der Waals surface area contributed by atoms with Crippen molar-refractivity contribution in [1.29, 1.82) is 0 Å². The first-order chi connectivity index (χ1) is 9.56. The summed E-state index contributed by atoms with van der Waals surface area (Å²) in [5.41, 5.74) is 7.88. The first-order valence-corrected chi connectivity index (χ1v) is 7.59. The third-order valence-electron chi connectivity index (χ3n) is 3.59. The van der Waals surface area contributed by atoms with Gasteiger partial charge in [-0.3, -0.25) is 16.0 Å². The van der Waals surface area contributed by atoms with Crippen LogP contribution < -0.4 is 11.3 Å². The van der Waals surface area contributed by atoms with Crippen molar-refractivity contribution in [2.45, 2.75) is 39.8 Å². The zero-order chi connectivity index (χ0) is 14.7. The fourth-order valence-corrected chi connectivity index (χ4v) is 3.02. The molecule has 1 aromatic carbocycles. The molecule has 0 saturated heterocycles. The van der Waals surface area contributed by atoms with Gasteiger partial charge in [0.2, 0.25) is 0 Å². The summed E-state index contributed by atoms with van der Waals surface area (Å²) in [5, 5.41) is 4.36. The van der Waals surface area contributed by atoms with Gasteiger partial charge < -0.3 is 0 Å². The largest absolute Gasteiger partial charge is 0.271 e. The molecule has 0 radical (unpaired) electrons. The maximum absolute atomic E-state index is 5.78. The molecule has 2 aromatic rings. The summed E-state index contributed by atoms with van der Waals surface area (Å²) in [4.78, 5) is 0. The third kappa shape index (κ3) is 3.11. The van der Waals surface area contributed by atoms with Crippen molar-refractivity contribution >= 4 is 15.9 Å². The quantitative estimate of drug-likeness (QED) is 0.651. The molecule has 1 atom stereocenters. The van der Waals surface area contributed by atoms with Crippen LogP contribution in [0.2, 0.25) is 0 Å². The van der Waals surface area contributed by atoms with E-state index in [0.717, 1.165) is 23.1 Å². The van der Waals surface area contributed by atoms with Gasteiger partial charge in [0.15, 0.2) is 0 Å². The average molecular weight is 337 g/mol. The van der Waals surface area contributed by atoms with Gasteiger partial charge in [-0.05, 0) is 54.2 Å². The molecule has 20 heavy (non-hydrogen) atoms. The number of hydrazine groups is 1. The Balaban J connectivity index is 2.33. The summed E-state index contributed by atoms with van der Waals surface area (Å²) >= 11 is 3.57. The van der Waals surface area contributed by atoms with Crippen LogP contribution in [0.1, 0.15) is 35.3 Å². The molecule has 0 amide bonds. The van der Waals surface area contributed by atoms with Gasteiger partial charge in [0.25, 0.3) is 0 Å². The van der Waals surface area contributed by atoms with Crippen molar-refractivity contribution in [3.63, 3.8) is 0 Å². The monoisotopic (exact) mass is 336 g/mol. The van der Waals surface area contributed by atoms with Crippen molar-refractivity contribution in [3.8, 4) is 0 Å². The highest BCUT2D eigenvalue weighted by Gasteiger charge is 2.19. The number of nitrogens with one attached hydrogen (secondary N) is 1. The lowest BCUT2D eigenvalue weighted by Gasteiger charge is -2.19. The Morgan fingerprint density at radius 1 is 1.40 bits per heavy atom. The predicted octanol–water partition coefficient (Wildman–Crippen LogP) is 3.03. The van der Waals surface area contributed by atoms with E-state index < -0.39 is 0 Å². The van der Waals surface area contributed by atoms with Gasteiger partial charge in [-0.15, -0.1) is 0 Å². The van der Waals surface area contributed by atoms with Crippen LogP contribution in [0.5, 0.6) is 0 Å². The minimum absolute atomic E-state index is 0.0346. The van der Waals surface area contributed by atoms with E-state index in [1.54, 1.807) is 0 Å². The lowest BCUT2D eigenvalue weighted by atomic mass is 9.97. The number of hydrogen-bond donors (Lipinski definition) is 2. The molecule has 0 spiro atoms. The molecule has 108 valence electrons. The Bertz CT molecular complexity index is 592. The topological polar surface area (TPSA) is 55.9 Å². The molecular formula is C15H21BrN4. The SMILES string of the molecule is CCn1ncc(Br)c1C(Cc1cc(C)ccc1C)NN. The number of benzene rings is 1. The highest BCUT2D eigenvalue weighted by Crippen LogP contribution is 2.27. The van der Waals surface area contributed by atoms with Gasteiger partial charge in [-0.1, -0.05) is 23.8 Å². The summed E-state index contributed by atoms with van der Waals surface area (Å²) in [6.07, 6.45) is 2.67. The van der Waals surface area contributed by atoms with Crippen molar-refractivity contribution in [2.24, 2.45) is 5.84 Å². The van der Waals surface area contributed by atoms with Gasteiger partial charge >= 0.3 is 0 Å². The Morgan fingerprint density at radius 3 is 2.80 bits per heavy atom. The van der Waals surface area contributed by atoms with E-state index in [4.69, 9.17) is 5.84 Å². The molecule has 4 nitrogen and oxygen atoms in total. The van der Waals surface area contributed by atoms with E-state index in [1.165, 1.54) is 16.7 Å². The zero-order valence-corrected chi connectivity index (χ0v) is 13.7. The normalized spacial score (nSPS) is 12.7. The molecule has 0 saturated carbocycles. The summed E-state index contributed by atoms with van der Waals surface area (Å²) < 4.78 is 2.97. The summed E-state index contributed by atoms with van der Waals surface area (Å²) in [7, 11) is 0. The van der Waals surface area contributed by atoms with Gasteiger partial charge in [0.05, 0.1) is 22.4 Å². The van der Waals surface area contributed by atoms with Gasteiger partial charge in [-0.2, -0.15) is 5.10 Å². The predicted molar refractivity (Wildman–Crippen MR) is 85.3 cm³/mol. The first kappa shape index (κ1) is 15.2. The van der Waals surface area contributed by atoms with Gasteiger partial charge in [0, 0.05) is 6.54 Å². The number of halogens is 1. The van der Waals surface area contributed by atoms with Crippen LogP contribution in [0.15, 0.2) is 28.9 Å². The van der Waals surface area contributed by atoms with Crippen molar-refractivity contribution in [2.75, 3.05) is 0 Å². The van der Waals surface area contributed by atoms with E-state index in [2.05, 4.69) is 65.4 Å². The maximum atomic E-state index is 5.78. The molecule has 2 rings (SSSR count). The van der Waals surface area contributed by atoms with Crippen molar-refractivity contribution < 1.29 is 0 Å².